The highest BCUT2D eigenvalue weighted by Crippen LogP contribution is 2.29. The Kier molecular flexibility index (Phi) is 5.83. The number of nitrogens with one attached hydrogen (secondary N) is 1. The number of hydrogen-bond donors (Lipinski definition) is 1. The molecule has 3 heterocycles. The number of rotatable bonds is 5. The fourth-order valence-electron chi connectivity index (χ4n) is 3.42. The minimum absolute atomic E-state index is 0.0652. The second kappa shape index (κ2) is 8.67. The van der Waals surface area contributed by atoms with E-state index in [0.717, 1.165) is 36.5 Å². The van der Waals surface area contributed by atoms with Crippen molar-refractivity contribution in [3.05, 3.63) is 74.4 Å². The van der Waals surface area contributed by atoms with Gasteiger partial charge in [0.15, 0.2) is 0 Å². The largest absolute Gasteiger partial charge is 0.347 e. The third kappa shape index (κ3) is 4.31. The smallest absolute Gasteiger partial charge is 0.261 e. The maximum Gasteiger partial charge on any atom is 0.261 e. The zero-order valence-electron chi connectivity index (χ0n) is 15.3. The Morgan fingerprint density at radius 3 is 2.71 bits per heavy atom. The summed E-state index contributed by atoms with van der Waals surface area (Å²) < 4.78 is 0. The minimum Gasteiger partial charge on any atom is -0.347 e. The van der Waals surface area contributed by atoms with E-state index in [1.807, 2.05) is 52.2 Å². The van der Waals surface area contributed by atoms with Gasteiger partial charge in [0.05, 0.1) is 9.88 Å². The predicted molar refractivity (Wildman–Crippen MR) is 112 cm³/mol. The summed E-state index contributed by atoms with van der Waals surface area (Å²) in [5, 5.41) is 7.90. The Labute approximate surface area is 172 Å². The molecule has 1 aliphatic heterocycles. The Balaban J connectivity index is 1.35. The molecule has 28 heavy (non-hydrogen) atoms. The number of carbonyl (C=O) groups is 2. The number of amides is 2. The van der Waals surface area contributed by atoms with Gasteiger partial charge in [-0.3, -0.25) is 9.59 Å². The van der Waals surface area contributed by atoms with E-state index < -0.39 is 0 Å². The molecule has 1 unspecified atom stereocenters. The van der Waals surface area contributed by atoms with Crippen LogP contribution in [-0.2, 0) is 6.54 Å². The van der Waals surface area contributed by atoms with Crippen LogP contribution in [0.4, 0.5) is 0 Å². The fraction of sp³-hybridized carbons (Fsp3) is 0.286. The van der Waals surface area contributed by atoms with Gasteiger partial charge in [0.1, 0.15) is 0 Å². The number of aromatic nitrogens is 1. The number of hydrogen-bond acceptors (Lipinski definition) is 5. The molecule has 2 amide bonds. The van der Waals surface area contributed by atoms with Gasteiger partial charge in [0, 0.05) is 42.7 Å². The van der Waals surface area contributed by atoms with Crippen LogP contribution in [0.1, 0.15) is 49.4 Å². The van der Waals surface area contributed by atoms with Crippen molar-refractivity contribution in [2.75, 3.05) is 13.1 Å². The van der Waals surface area contributed by atoms with E-state index in [1.54, 1.807) is 17.4 Å². The van der Waals surface area contributed by atoms with Gasteiger partial charge >= 0.3 is 0 Å². The van der Waals surface area contributed by atoms with Crippen molar-refractivity contribution in [1.29, 1.82) is 0 Å². The van der Waals surface area contributed by atoms with Gasteiger partial charge in [0.25, 0.3) is 11.8 Å². The van der Waals surface area contributed by atoms with E-state index in [1.165, 1.54) is 11.3 Å². The average molecular weight is 412 g/mol. The van der Waals surface area contributed by atoms with Crippen LogP contribution in [0.15, 0.2) is 53.4 Å². The number of thiophene rings is 1. The summed E-state index contributed by atoms with van der Waals surface area (Å²) in [7, 11) is 0. The highest BCUT2D eigenvalue weighted by atomic mass is 32.1. The number of benzene rings is 1. The van der Waals surface area contributed by atoms with Crippen LogP contribution in [0, 0.1) is 0 Å². The average Bonchev–Trinajstić information content (AvgIpc) is 3.46. The maximum atomic E-state index is 12.9. The topological polar surface area (TPSA) is 62.3 Å². The summed E-state index contributed by atoms with van der Waals surface area (Å²) in [5.41, 5.74) is 1.66. The molecule has 0 aliphatic carbocycles. The van der Waals surface area contributed by atoms with Gasteiger partial charge in [0.2, 0.25) is 0 Å². The van der Waals surface area contributed by atoms with Crippen molar-refractivity contribution in [1.82, 2.24) is 15.2 Å². The van der Waals surface area contributed by atoms with Crippen LogP contribution in [-0.4, -0.2) is 34.8 Å². The highest BCUT2D eigenvalue weighted by Gasteiger charge is 2.26. The quantitative estimate of drug-likeness (QED) is 0.686. The molecule has 1 N–H and O–H groups in total. The fourth-order valence-corrected chi connectivity index (χ4v) is 4.83. The molecule has 4 rings (SSSR count). The van der Waals surface area contributed by atoms with Gasteiger partial charge < -0.3 is 10.2 Å². The molecule has 1 aliphatic rings. The molecule has 5 nitrogen and oxygen atoms in total. The van der Waals surface area contributed by atoms with Crippen LogP contribution in [0.25, 0.3) is 0 Å². The first-order valence-corrected chi connectivity index (χ1v) is 11.1. The first-order valence-electron chi connectivity index (χ1n) is 9.30. The van der Waals surface area contributed by atoms with Gasteiger partial charge in [-0.2, -0.15) is 0 Å². The third-order valence-electron chi connectivity index (χ3n) is 4.91. The molecular weight excluding hydrogens is 390 g/mol. The molecule has 1 saturated heterocycles. The van der Waals surface area contributed by atoms with Crippen LogP contribution in [0.3, 0.4) is 0 Å². The van der Waals surface area contributed by atoms with Crippen molar-refractivity contribution < 1.29 is 9.59 Å². The molecule has 0 saturated carbocycles. The third-order valence-corrected chi connectivity index (χ3v) is 6.71. The van der Waals surface area contributed by atoms with Crippen LogP contribution < -0.4 is 5.32 Å². The van der Waals surface area contributed by atoms with Crippen molar-refractivity contribution >= 4 is 34.5 Å². The number of nitrogens with zero attached hydrogens (tertiary/aromatic N) is 2. The number of thiazole rings is 1. The molecule has 1 fully saturated rings. The number of likely N-dealkylation sites (tertiary alicyclic amines) is 1. The van der Waals surface area contributed by atoms with Gasteiger partial charge in [-0.25, -0.2) is 4.98 Å². The van der Waals surface area contributed by atoms with E-state index in [2.05, 4.69) is 10.3 Å². The molecule has 0 spiro atoms. The SMILES string of the molecule is O=C(NCc1ccc(C(=O)N2CCCC(c3nccs3)C2)cc1)c1cccs1. The minimum atomic E-state index is -0.0725. The summed E-state index contributed by atoms with van der Waals surface area (Å²) in [6, 6.07) is 11.2. The van der Waals surface area contributed by atoms with Gasteiger partial charge in [-0.15, -0.1) is 22.7 Å². The highest BCUT2D eigenvalue weighted by molar-refractivity contribution is 7.12. The predicted octanol–water partition coefficient (Wildman–Crippen LogP) is 4.15. The van der Waals surface area contributed by atoms with Crippen LogP contribution >= 0.6 is 22.7 Å². The lowest BCUT2D eigenvalue weighted by molar-refractivity contribution is 0.0706. The maximum absolute atomic E-state index is 12.9. The summed E-state index contributed by atoms with van der Waals surface area (Å²) in [6.07, 6.45) is 3.92. The number of carbonyl (C=O) groups excluding carboxylic acids is 2. The van der Waals surface area contributed by atoms with Crippen molar-refractivity contribution in [2.45, 2.75) is 25.3 Å². The summed E-state index contributed by atoms with van der Waals surface area (Å²) in [6.45, 7) is 1.96. The molecule has 0 bridgehead atoms. The summed E-state index contributed by atoms with van der Waals surface area (Å²) in [4.78, 5) is 32.0. The zero-order valence-corrected chi connectivity index (χ0v) is 17.0. The van der Waals surface area contributed by atoms with Crippen molar-refractivity contribution in [2.24, 2.45) is 0 Å². The molecule has 7 heteroatoms. The van der Waals surface area contributed by atoms with Gasteiger partial charge in [-0.05, 0) is 42.0 Å². The first kappa shape index (κ1) is 18.8. The molecule has 3 aromatic rings. The Bertz CT molecular complexity index is 921. The van der Waals surface area contributed by atoms with E-state index in [-0.39, 0.29) is 11.8 Å². The standard InChI is InChI=1S/C21H21N3O2S2/c25-19(18-4-2-11-27-18)23-13-15-5-7-16(8-6-15)21(26)24-10-1-3-17(14-24)20-22-9-12-28-20/h2,4-9,11-12,17H,1,3,10,13-14H2,(H,23,25). The normalized spacial score (nSPS) is 16.7. The van der Waals surface area contributed by atoms with Crippen LogP contribution in [0.5, 0.6) is 0 Å². The van der Waals surface area contributed by atoms with Gasteiger partial charge in [-0.1, -0.05) is 18.2 Å². The van der Waals surface area contributed by atoms with E-state index >= 15 is 0 Å². The molecule has 1 aromatic carbocycles. The molecule has 0 radical (unpaired) electrons. The lowest BCUT2D eigenvalue weighted by Gasteiger charge is -2.32. The first-order chi connectivity index (χ1) is 13.7. The van der Waals surface area contributed by atoms with E-state index in [0.29, 0.717) is 22.9 Å². The Morgan fingerprint density at radius 2 is 2.00 bits per heavy atom. The monoisotopic (exact) mass is 411 g/mol. The zero-order chi connectivity index (χ0) is 19.3. The lowest BCUT2D eigenvalue weighted by Crippen LogP contribution is -2.39. The Hall–Kier alpha value is -2.51. The molecule has 144 valence electrons. The Morgan fingerprint density at radius 1 is 1.14 bits per heavy atom. The number of piperidine rings is 1. The van der Waals surface area contributed by atoms with Crippen molar-refractivity contribution in [3.8, 4) is 0 Å². The summed E-state index contributed by atoms with van der Waals surface area (Å²) in [5.74, 6) is 0.330. The lowest BCUT2D eigenvalue weighted by atomic mass is 9.98. The molecular formula is C21H21N3O2S2. The van der Waals surface area contributed by atoms with Crippen molar-refractivity contribution in [3.63, 3.8) is 0 Å². The second-order valence-electron chi connectivity index (χ2n) is 6.82. The van der Waals surface area contributed by atoms with Crippen LogP contribution in [0.2, 0.25) is 0 Å². The molecule has 1 atom stereocenters. The van der Waals surface area contributed by atoms with E-state index in [4.69, 9.17) is 0 Å². The summed E-state index contributed by atoms with van der Waals surface area (Å²) >= 11 is 3.09. The second-order valence-corrected chi connectivity index (χ2v) is 8.69. The molecule has 2 aromatic heterocycles. The van der Waals surface area contributed by atoms with E-state index in [9.17, 15) is 9.59 Å².